The summed E-state index contributed by atoms with van der Waals surface area (Å²) in [7, 11) is 0. The number of hydrogen-bond donors (Lipinski definition) is 1. The van der Waals surface area contributed by atoms with Crippen LogP contribution in [0.5, 0.6) is 5.75 Å². The van der Waals surface area contributed by atoms with Crippen LogP contribution in [0, 0.1) is 17.0 Å². The lowest BCUT2D eigenvalue weighted by atomic mass is 10.2. The lowest BCUT2D eigenvalue weighted by Crippen LogP contribution is -2.30. The third kappa shape index (κ3) is 4.53. The zero-order valence-electron chi connectivity index (χ0n) is 12.6. The van der Waals surface area contributed by atoms with Crippen molar-refractivity contribution >= 4 is 33.2 Å². The minimum Gasteiger partial charge on any atom is -0.481 e. The molecule has 0 fully saturated rings. The Balaban J connectivity index is 2.05. The van der Waals surface area contributed by atoms with Gasteiger partial charge in [-0.05, 0) is 53.5 Å². The molecule has 0 radical (unpaired) electrons. The molecule has 2 rings (SSSR count). The Kier molecular flexibility index (Phi) is 5.33. The SMILES string of the molecule is Cc1cccc(OC(C)C(=O)Nc2ccc([N+](=O)[O-])cc2Br)c1. The molecule has 120 valence electrons. The van der Waals surface area contributed by atoms with Gasteiger partial charge in [-0.3, -0.25) is 14.9 Å². The molecule has 0 heterocycles. The normalized spacial score (nSPS) is 11.6. The largest absolute Gasteiger partial charge is 0.481 e. The third-order valence-electron chi connectivity index (χ3n) is 3.09. The molecule has 0 aromatic heterocycles. The zero-order chi connectivity index (χ0) is 17.0. The van der Waals surface area contributed by atoms with Crippen LogP contribution >= 0.6 is 15.9 Å². The number of hydrogen-bond acceptors (Lipinski definition) is 4. The second-order valence-corrected chi connectivity index (χ2v) is 5.84. The highest BCUT2D eigenvalue weighted by molar-refractivity contribution is 9.10. The lowest BCUT2D eigenvalue weighted by Gasteiger charge is -2.15. The number of nitrogens with zero attached hydrogens (tertiary/aromatic N) is 1. The minimum absolute atomic E-state index is 0.0565. The van der Waals surface area contributed by atoms with E-state index in [9.17, 15) is 14.9 Å². The van der Waals surface area contributed by atoms with Crippen molar-refractivity contribution in [1.29, 1.82) is 0 Å². The van der Waals surface area contributed by atoms with Crippen LogP contribution in [0.25, 0.3) is 0 Å². The Labute approximate surface area is 141 Å². The summed E-state index contributed by atoms with van der Waals surface area (Å²) >= 11 is 3.21. The minimum atomic E-state index is -0.709. The number of carbonyl (C=O) groups excluding carboxylic acids is 1. The van der Waals surface area contributed by atoms with Crippen molar-refractivity contribution in [3.63, 3.8) is 0 Å². The maximum Gasteiger partial charge on any atom is 0.270 e. The van der Waals surface area contributed by atoms with Gasteiger partial charge in [-0.15, -0.1) is 0 Å². The standard InChI is InChI=1S/C16H15BrN2O4/c1-10-4-3-5-13(8-10)23-11(2)16(20)18-15-7-6-12(19(21)22)9-14(15)17/h3-9,11H,1-2H3,(H,18,20). The van der Waals surface area contributed by atoms with Gasteiger partial charge in [0.05, 0.1) is 10.6 Å². The molecule has 0 saturated heterocycles. The smallest absolute Gasteiger partial charge is 0.270 e. The molecule has 2 aromatic carbocycles. The molecule has 2 aromatic rings. The van der Waals surface area contributed by atoms with E-state index >= 15 is 0 Å². The highest BCUT2D eigenvalue weighted by Gasteiger charge is 2.17. The first kappa shape index (κ1) is 17.0. The zero-order valence-corrected chi connectivity index (χ0v) is 14.2. The van der Waals surface area contributed by atoms with Crippen LogP contribution in [-0.2, 0) is 4.79 Å². The highest BCUT2D eigenvalue weighted by Crippen LogP contribution is 2.27. The van der Waals surface area contributed by atoms with E-state index in [0.29, 0.717) is 15.9 Å². The van der Waals surface area contributed by atoms with Gasteiger partial charge in [-0.1, -0.05) is 12.1 Å². The summed E-state index contributed by atoms with van der Waals surface area (Å²) in [5.74, 6) is 0.261. The number of nitro benzene ring substituents is 1. The van der Waals surface area contributed by atoms with E-state index in [1.807, 2.05) is 25.1 Å². The van der Waals surface area contributed by atoms with Gasteiger partial charge in [0.1, 0.15) is 5.75 Å². The Morgan fingerprint density at radius 2 is 2.04 bits per heavy atom. The first-order chi connectivity index (χ1) is 10.9. The molecule has 0 spiro atoms. The molecule has 1 amide bonds. The molecule has 0 aliphatic rings. The van der Waals surface area contributed by atoms with Crippen molar-refractivity contribution < 1.29 is 14.5 Å². The molecule has 23 heavy (non-hydrogen) atoms. The summed E-state index contributed by atoms with van der Waals surface area (Å²) < 4.78 is 6.03. The van der Waals surface area contributed by atoms with Crippen LogP contribution in [0.3, 0.4) is 0 Å². The van der Waals surface area contributed by atoms with E-state index in [4.69, 9.17) is 4.74 Å². The van der Waals surface area contributed by atoms with Gasteiger partial charge in [0, 0.05) is 16.6 Å². The number of anilines is 1. The predicted molar refractivity (Wildman–Crippen MR) is 90.7 cm³/mol. The number of nitro groups is 1. The Morgan fingerprint density at radius 1 is 1.30 bits per heavy atom. The quantitative estimate of drug-likeness (QED) is 0.627. The fourth-order valence-electron chi connectivity index (χ4n) is 1.90. The van der Waals surface area contributed by atoms with E-state index in [2.05, 4.69) is 21.2 Å². The summed E-state index contributed by atoms with van der Waals surface area (Å²) in [6, 6.07) is 11.5. The molecule has 0 aliphatic heterocycles. The van der Waals surface area contributed by atoms with Crippen LogP contribution in [0.4, 0.5) is 11.4 Å². The average Bonchev–Trinajstić information content (AvgIpc) is 2.49. The maximum atomic E-state index is 12.2. The second kappa shape index (κ2) is 7.23. The van der Waals surface area contributed by atoms with Crippen LogP contribution in [-0.4, -0.2) is 16.9 Å². The van der Waals surface area contributed by atoms with Gasteiger partial charge in [-0.25, -0.2) is 0 Å². The highest BCUT2D eigenvalue weighted by atomic mass is 79.9. The van der Waals surface area contributed by atoms with Gasteiger partial charge >= 0.3 is 0 Å². The van der Waals surface area contributed by atoms with Crippen molar-refractivity contribution in [1.82, 2.24) is 0 Å². The number of nitrogens with one attached hydrogen (secondary N) is 1. The summed E-state index contributed by atoms with van der Waals surface area (Å²) in [5, 5.41) is 13.4. The number of aryl methyl sites for hydroxylation is 1. The van der Waals surface area contributed by atoms with Crippen LogP contribution in [0.2, 0.25) is 0 Å². The predicted octanol–water partition coefficient (Wildman–Crippen LogP) is 4.07. The van der Waals surface area contributed by atoms with E-state index < -0.39 is 11.0 Å². The second-order valence-electron chi connectivity index (χ2n) is 4.99. The molecule has 0 saturated carbocycles. The Morgan fingerprint density at radius 3 is 2.65 bits per heavy atom. The molecule has 0 aliphatic carbocycles. The number of carbonyl (C=O) groups is 1. The number of ether oxygens (including phenoxy) is 1. The topological polar surface area (TPSA) is 81.5 Å². The fourth-order valence-corrected chi connectivity index (χ4v) is 2.37. The Hall–Kier alpha value is -2.41. The number of rotatable bonds is 5. The summed E-state index contributed by atoms with van der Waals surface area (Å²) in [4.78, 5) is 22.4. The molecule has 1 atom stereocenters. The van der Waals surface area contributed by atoms with Gasteiger partial charge < -0.3 is 10.1 Å². The molecule has 7 heteroatoms. The van der Waals surface area contributed by atoms with Crippen molar-refractivity contribution in [3.05, 3.63) is 62.6 Å². The number of halogens is 1. The molecule has 1 N–H and O–H groups in total. The van der Waals surface area contributed by atoms with Gasteiger partial charge in [-0.2, -0.15) is 0 Å². The van der Waals surface area contributed by atoms with E-state index in [1.54, 1.807) is 13.0 Å². The van der Waals surface area contributed by atoms with Gasteiger partial charge in [0.15, 0.2) is 6.10 Å². The number of non-ortho nitro benzene ring substituents is 1. The van der Waals surface area contributed by atoms with Gasteiger partial charge in [0.25, 0.3) is 11.6 Å². The number of benzene rings is 2. The van der Waals surface area contributed by atoms with Crippen LogP contribution in [0.1, 0.15) is 12.5 Å². The van der Waals surface area contributed by atoms with Crippen molar-refractivity contribution in [2.75, 3.05) is 5.32 Å². The third-order valence-corrected chi connectivity index (χ3v) is 3.75. The summed E-state index contributed by atoms with van der Waals surface area (Å²) in [6.07, 6.45) is -0.709. The monoisotopic (exact) mass is 378 g/mol. The van der Waals surface area contributed by atoms with Crippen molar-refractivity contribution in [3.8, 4) is 5.75 Å². The molecular weight excluding hydrogens is 364 g/mol. The van der Waals surface area contributed by atoms with Crippen molar-refractivity contribution in [2.24, 2.45) is 0 Å². The first-order valence-corrected chi connectivity index (χ1v) is 7.64. The molecule has 0 bridgehead atoms. The lowest BCUT2D eigenvalue weighted by molar-refractivity contribution is -0.384. The maximum absolute atomic E-state index is 12.2. The molecular formula is C16H15BrN2O4. The summed E-state index contributed by atoms with van der Waals surface area (Å²) in [6.45, 7) is 3.57. The fraction of sp³-hybridized carbons (Fsp3) is 0.188. The van der Waals surface area contributed by atoms with Crippen LogP contribution in [0.15, 0.2) is 46.9 Å². The van der Waals surface area contributed by atoms with E-state index in [-0.39, 0.29) is 11.6 Å². The number of amides is 1. The van der Waals surface area contributed by atoms with Crippen molar-refractivity contribution in [2.45, 2.75) is 20.0 Å². The average molecular weight is 379 g/mol. The molecule has 6 nitrogen and oxygen atoms in total. The molecule has 1 unspecified atom stereocenters. The summed E-state index contributed by atoms with van der Waals surface area (Å²) in [5.41, 5.74) is 1.42. The Bertz CT molecular complexity index is 749. The van der Waals surface area contributed by atoms with E-state index in [0.717, 1.165) is 5.56 Å². The first-order valence-electron chi connectivity index (χ1n) is 6.85. The van der Waals surface area contributed by atoms with Gasteiger partial charge in [0.2, 0.25) is 0 Å². The van der Waals surface area contributed by atoms with Crippen LogP contribution < -0.4 is 10.1 Å². The van der Waals surface area contributed by atoms with E-state index in [1.165, 1.54) is 18.2 Å².